The van der Waals surface area contributed by atoms with Crippen LogP contribution in [0.15, 0.2) is 23.1 Å². The van der Waals surface area contributed by atoms with E-state index in [-0.39, 0.29) is 4.90 Å². The van der Waals surface area contributed by atoms with Gasteiger partial charge in [0.2, 0.25) is 10.0 Å². The van der Waals surface area contributed by atoms with Gasteiger partial charge in [-0.1, -0.05) is 0 Å². The van der Waals surface area contributed by atoms with Crippen molar-refractivity contribution in [2.24, 2.45) is 0 Å². The number of benzene rings is 1. The lowest BCUT2D eigenvalue weighted by Gasteiger charge is -2.14. The highest BCUT2D eigenvalue weighted by Crippen LogP contribution is 2.23. The summed E-state index contributed by atoms with van der Waals surface area (Å²) in [5, 5.41) is 4.23. The van der Waals surface area contributed by atoms with Crippen LogP contribution in [0.3, 0.4) is 0 Å². The van der Waals surface area contributed by atoms with Gasteiger partial charge in [0.25, 0.3) is 0 Å². The minimum Gasteiger partial charge on any atom is -0.397 e. The zero-order valence-electron chi connectivity index (χ0n) is 11.8. The molecule has 0 spiro atoms. The number of nitrogen functional groups attached to an aromatic ring is 1. The molecule has 20 heavy (non-hydrogen) atoms. The van der Waals surface area contributed by atoms with Crippen molar-refractivity contribution in [1.29, 1.82) is 0 Å². The van der Waals surface area contributed by atoms with Gasteiger partial charge >= 0.3 is 0 Å². The van der Waals surface area contributed by atoms with Crippen molar-refractivity contribution in [3.05, 3.63) is 29.8 Å². The molecule has 0 saturated carbocycles. The third kappa shape index (κ3) is 2.39. The lowest BCUT2D eigenvalue weighted by Crippen LogP contribution is -2.22. The average molecular weight is 295 g/mol. The number of aromatic nitrogens is 3. The molecule has 0 aliphatic heterocycles. The number of hydrogen-bond donors (Lipinski definition) is 1. The summed E-state index contributed by atoms with van der Waals surface area (Å²) in [7, 11) is -0.549. The molecule has 2 aromatic rings. The van der Waals surface area contributed by atoms with E-state index in [0.29, 0.717) is 23.0 Å². The van der Waals surface area contributed by atoms with E-state index in [0.717, 1.165) is 4.31 Å². The first-order chi connectivity index (χ1) is 9.23. The molecule has 0 aliphatic rings. The standard InChI is InChI=1S/C12H17N5O2S/c1-8-14-9(2)17(15-8)12-7-10(5-6-11(12)13)20(18,19)16(3)4/h5-7H,13H2,1-4H3. The highest BCUT2D eigenvalue weighted by Gasteiger charge is 2.19. The molecule has 0 saturated heterocycles. The topological polar surface area (TPSA) is 94.1 Å². The summed E-state index contributed by atoms with van der Waals surface area (Å²) in [4.78, 5) is 4.36. The van der Waals surface area contributed by atoms with Gasteiger partial charge in [-0.15, -0.1) is 0 Å². The third-order valence-corrected chi connectivity index (χ3v) is 4.69. The Morgan fingerprint density at radius 3 is 2.40 bits per heavy atom. The molecule has 1 heterocycles. The Kier molecular flexibility index (Phi) is 3.53. The lowest BCUT2D eigenvalue weighted by atomic mass is 10.2. The van der Waals surface area contributed by atoms with Crippen LogP contribution in [-0.2, 0) is 10.0 Å². The van der Waals surface area contributed by atoms with Crippen LogP contribution >= 0.6 is 0 Å². The second-order valence-electron chi connectivity index (χ2n) is 4.63. The molecule has 2 rings (SSSR count). The third-order valence-electron chi connectivity index (χ3n) is 2.88. The SMILES string of the molecule is Cc1nc(C)n(-c2cc(S(=O)(=O)N(C)C)ccc2N)n1. The molecular formula is C12H17N5O2S. The molecular weight excluding hydrogens is 278 g/mol. The maximum absolute atomic E-state index is 12.2. The molecule has 0 unspecified atom stereocenters. The Morgan fingerprint density at radius 1 is 1.25 bits per heavy atom. The zero-order valence-corrected chi connectivity index (χ0v) is 12.6. The van der Waals surface area contributed by atoms with Crippen LogP contribution < -0.4 is 5.73 Å². The summed E-state index contributed by atoms with van der Waals surface area (Å²) in [6.45, 7) is 3.55. The monoisotopic (exact) mass is 295 g/mol. The van der Waals surface area contributed by atoms with E-state index in [1.165, 1.54) is 26.2 Å². The lowest BCUT2D eigenvalue weighted by molar-refractivity contribution is 0.520. The van der Waals surface area contributed by atoms with E-state index in [1.807, 2.05) is 0 Å². The molecule has 1 aromatic carbocycles. The first-order valence-corrected chi connectivity index (χ1v) is 7.40. The second-order valence-corrected chi connectivity index (χ2v) is 6.78. The van der Waals surface area contributed by atoms with Crippen molar-refractivity contribution in [3.8, 4) is 5.69 Å². The number of aryl methyl sites for hydroxylation is 2. The molecule has 1 aromatic heterocycles. The van der Waals surface area contributed by atoms with Gasteiger partial charge in [0, 0.05) is 14.1 Å². The van der Waals surface area contributed by atoms with Gasteiger partial charge in [-0.2, -0.15) is 5.10 Å². The number of rotatable bonds is 3. The minimum absolute atomic E-state index is 0.166. The van der Waals surface area contributed by atoms with Gasteiger partial charge in [0.15, 0.2) is 0 Å². The summed E-state index contributed by atoms with van der Waals surface area (Å²) in [6, 6.07) is 4.54. The number of nitrogens with two attached hydrogens (primary N) is 1. The van der Waals surface area contributed by atoms with Crippen LogP contribution in [0.2, 0.25) is 0 Å². The maximum atomic E-state index is 12.2. The van der Waals surface area contributed by atoms with Gasteiger partial charge in [-0.05, 0) is 32.0 Å². The second kappa shape index (κ2) is 4.88. The fourth-order valence-electron chi connectivity index (χ4n) is 1.83. The van der Waals surface area contributed by atoms with Crippen LogP contribution in [0.5, 0.6) is 0 Å². The van der Waals surface area contributed by atoms with Crippen molar-refractivity contribution in [2.75, 3.05) is 19.8 Å². The van der Waals surface area contributed by atoms with Gasteiger partial charge in [0.05, 0.1) is 16.3 Å². The molecule has 8 heteroatoms. The van der Waals surface area contributed by atoms with Crippen molar-refractivity contribution < 1.29 is 8.42 Å². The summed E-state index contributed by atoms with van der Waals surface area (Å²) < 4.78 is 27.0. The van der Waals surface area contributed by atoms with Crippen LogP contribution in [-0.4, -0.2) is 41.6 Å². The predicted molar refractivity (Wildman–Crippen MR) is 76.1 cm³/mol. The van der Waals surface area contributed by atoms with E-state index >= 15 is 0 Å². The first-order valence-electron chi connectivity index (χ1n) is 5.96. The first kappa shape index (κ1) is 14.5. The predicted octanol–water partition coefficient (Wildman–Crippen LogP) is 0.717. The Bertz CT molecular complexity index is 749. The number of sulfonamides is 1. The van der Waals surface area contributed by atoms with E-state index in [1.54, 1.807) is 24.6 Å². The summed E-state index contributed by atoms with van der Waals surface area (Å²) >= 11 is 0. The van der Waals surface area contributed by atoms with Crippen molar-refractivity contribution in [1.82, 2.24) is 19.1 Å². The van der Waals surface area contributed by atoms with E-state index in [4.69, 9.17) is 5.73 Å². The van der Waals surface area contributed by atoms with E-state index in [9.17, 15) is 8.42 Å². The van der Waals surface area contributed by atoms with Gasteiger partial charge < -0.3 is 5.73 Å². The molecule has 0 fully saturated rings. The van der Waals surface area contributed by atoms with Crippen LogP contribution in [0, 0.1) is 13.8 Å². The Balaban J connectivity index is 2.64. The minimum atomic E-state index is -3.51. The molecule has 7 nitrogen and oxygen atoms in total. The van der Waals surface area contributed by atoms with Crippen LogP contribution in [0.1, 0.15) is 11.6 Å². The van der Waals surface area contributed by atoms with Crippen LogP contribution in [0.4, 0.5) is 5.69 Å². The average Bonchev–Trinajstić information content (AvgIpc) is 2.68. The summed E-state index contributed by atoms with van der Waals surface area (Å²) in [5.41, 5.74) is 6.87. The normalized spacial score (nSPS) is 12.1. The molecule has 0 radical (unpaired) electrons. The van der Waals surface area contributed by atoms with Crippen LogP contribution in [0.25, 0.3) is 5.69 Å². The highest BCUT2D eigenvalue weighted by molar-refractivity contribution is 7.89. The molecule has 108 valence electrons. The Morgan fingerprint density at radius 2 is 1.90 bits per heavy atom. The summed E-state index contributed by atoms with van der Waals surface area (Å²) in [6.07, 6.45) is 0. The fourth-order valence-corrected chi connectivity index (χ4v) is 2.75. The molecule has 0 amide bonds. The van der Waals surface area contributed by atoms with Gasteiger partial charge in [-0.3, -0.25) is 0 Å². The maximum Gasteiger partial charge on any atom is 0.242 e. The van der Waals surface area contributed by atoms with E-state index < -0.39 is 10.0 Å². The number of anilines is 1. The van der Waals surface area contributed by atoms with Crippen molar-refractivity contribution in [3.63, 3.8) is 0 Å². The zero-order chi connectivity index (χ0) is 15.1. The molecule has 0 atom stereocenters. The highest BCUT2D eigenvalue weighted by atomic mass is 32.2. The Labute approximate surface area is 118 Å². The van der Waals surface area contributed by atoms with Crippen molar-refractivity contribution in [2.45, 2.75) is 18.7 Å². The number of hydrogen-bond acceptors (Lipinski definition) is 5. The number of nitrogens with zero attached hydrogens (tertiary/aromatic N) is 4. The van der Waals surface area contributed by atoms with Gasteiger partial charge in [-0.25, -0.2) is 22.4 Å². The molecule has 0 bridgehead atoms. The van der Waals surface area contributed by atoms with Gasteiger partial charge in [0.1, 0.15) is 11.6 Å². The quantitative estimate of drug-likeness (QED) is 0.842. The van der Waals surface area contributed by atoms with Crippen molar-refractivity contribution >= 4 is 15.7 Å². The largest absolute Gasteiger partial charge is 0.397 e. The Hall–Kier alpha value is -1.93. The smallest absolute Gasteiger partial charge is 0.242 e. The fraction of sp³-hybridized carbons (Fsp3) is 0.333. The summed E-state index contributed by atoms with van der Waals surface area (Å²) in [5.74, 6) is 1.25. The molecule has 2 N–H and O–H groups in total. The van der Waals surface area contributed by atoms with E-state index in [2.05, 4.69) is 10.1 Å². The molecule has 0 aliphatic carbocycles.